The summed E-state index contributed by atoms with van der Waals surface area (Å²) in [6.07, 6.45) is 0. The molecular formula is C55H35BN2O2. The summed E-state index contributed by atoms with van der Waals surface area (Å²) in [4.78, 5) is 4.91. The Bertz CT molecular complexity index is 3690. The smallest absolute Gasteiger partial charge is 0.252 e. The second-order valence-electron chi connectivity index (χ2n) is 17.2. The van der Waals surface area contributed by atoms with Gasteiger partial charge in [-0.2, -0.15) is 0 Å². The fourth-order valence-corrected chi connectivity index (χ4v) is 11.1. The second-order valence-corrected chi connectivity index (χ2v) is 17.2. The van der Waals surface area contributed by atoms with Gasteiger partial charge in [0.15, 0.2) is 5.58 Å². The van der Waals surface area contributed by atoms with Crippen molar-refractivity contribution in [2.45, 2.75) is 19.3 Å². The summed E-state index contributed by atoms with van der Waals surface area (Å²) in [6, 6.07) is 64.4. The zero-order valence-electron chi connectivity index (χ0n) is 33.0. The molecule has 4 nitrogen and oxygen atoms in total. The molecular weight excluding hydrogens is 731 g/mol. The molecule has 0 fully saturated rings. The highest BCUT2D eigenvalue weighted by molar-refractivity contribution is 7.00. The number of para-hydroxylation sites is 3. The fraction of sp³-hybridized carbons (Fsp3) is 0.0545. The normalized spacial score (nSPS) is 14.5. The molecule has 1 aliphatic carbocycles. The molecule has 3 aliphatic rings. The van der Waals surface area contributed by atoms with Crippen molar-refractivity contribution in [3.05, 3.63) is 187 Å². The first kappa shape index (κ1) is 32.5. The Labute approximate surface area is 346 Å². The van der Waals surface area contributed by atoms with Crippen molar-refractivity contribution in [3.63, 3.8) is 0 Å². The summed E-state index contributed by atoms with van der Waals surface area (Å²) in [6.45, 7) is 4.70. The van der Waals surface area contributed by atoms with Crippen LogP contribution in [-0.4, -0.2) is 6.71 Å². The number of hydrogen-bond donors (Lipinski definition) is 0. The van der Waals surface area contributed by atoms with Crippen LogP contribution in [0.3, 0.4) is 0 Å². The van der Waals surface area contributed by atoms with Gasteiger partial charge in [0.2, 0.25) is 0 Å². The molecule has 5 heteroatoms. The standard InChI is InChI=1S/C55H35BN2O2/c1-55(2)41-17-6-5-15-35(41)37-30-40-36-16-11-24-49(54(36)60-52(40)31-42(37)55)58-46-21-10-8-19-44(46)56-43-18-7-9-20-45(43)57(47-22-12-23-48(58)53(47)56)34-25-26-50-39(29-34)38-27-32-13-3-4-14-33(32)28-51(38)59-50/h3-31H,1-2H3. The summed E-state index contributed by atoms with van der Waals surface area (Å²) >= 11 is 0. The van der Waals surface area contributed by atoms with Crippen LogP contribution in [0.25, 0.3) is 65.8 Å². The van der Waals surface area contributed by atoms with Crippen LogP contribution in [0.5, 0.6) is 0 Å². The molecule has 0 spiro atoms. The molecule has 4 heterocycles. The van der Waals surface area contributed by atoms with Crippen molar-refractivity contribution in [1.82, 2.24) is 0 Å². The van der Waals surface area contributed by atoms with Crippen molar-refractivity contribution < 1.29 is 8.83 Å². The lowest BCUT2D eigenvalue weighted by Gasteiger charge is -2.43. The molecule has 2 aromatic heterocycles. The average molecular weight is 767 g/mol. The minimum atomic E-state index is -0.113. The van der Waals surface area contributed by atoms with E-state index in [1.54, 1.807) is 0 Å². The summed E-state index contributed by atoms with van der Waals surface area (Å²) in [7, 11) is 0. The molecule has 0 atom stereocenters. The molecule has 60 heavy (non-hydrogen) atoms. The van der Waals surface area contributed by atoms with Gasteiger partial charge in [-0.3, -0.25) is 0 Å². The first-order valence-corrected chi connectivity index (χ1v) is 20.9. The van der Waals surface area contributed by atoms with Crippen molar-refractivity contribution in [2.24, 2.45) is 0 Å². The maximum Gasteiger partial charge on any atom is 0.252 e. The quantitative estimate of drug-likeness (QED) is 0.164. The topological polar surface area (TPSA) is 32.8 Å². The molecule has 9 aromatic carbocycles. The molecule has 0 amide bonds. The number of hydrogen-bond acceptors (Lipinski definition) is 4. The number of fused-ring (bicyclic) bond motifs is 14. The minimum absolute atomic E-state index is 0.0427. The Morgan fingerprint density at radius 3 is 1.87 bits per heavy atom. The largest absolute Gasteiger partial charge is 0.456 e. The second kappa shape index (κ2) is 11.4. The van der Waals surface area contributed by atoms with E-state index in [0.717, 1.165) is 60.9 Å². The van der Waals surface area contributed by atoms with Gasteiger partial charge in [0.1, 0.15) is 16.7 Å². The van der Waals surface area contributed by atoms with Crippen LogP contribution in [0.4, 0.5) is 34.1 Å². The van der Waals surface area contributed by atoms with Gasteiger partial charge in [0.25, 0.3) is 6.71 Å². The monoisotopic (exact) mass is 766 g/mol. The van der Waals surface area contributed by atoms with Gasteiger partial charge in [-0.25, -0.2) is 0 Å². The predicted molar refractivity (Wildman–Crippen MR) is 250 cm³/mol. The molecule has 0 N–H and O–H groups in total. The lowest BCUT2D eigenvalue weighted by atomic mass is 9.33. The van der Waals surface area contributed by atoms with Crippen LogP contribution in [0.15, 0.2) is 185 Å². The van der Waals surface area contributed by atoms with Gasteiger partial charge in [-0.05, 0) is 122 Å². The van der Waals surface area contributed by atoms with Crippen LogP contribution < -0.4 is 26.2 Å². The van der Waals surface area contributed by atoms with Crippen LogP contribution in [-0.2, 0) is 5.41 Å². The van der Waals surface area contributed by atoms with Gasteiger partial charge < -0.3 is 18.6 Å². The van der Waals surface area contributed by atoms with Gasteiger partial charge in [-0.1, -0.05) is 117 Å². The van der Waals surface area contributed by atoms with E-state index in [9.17, 15) is 0 Å². The number of nitrogens with zero attached hydrogens (tertiary/aromatic N) is 2. The minimum Gasteiger partial charge on any atom is -0.456 e. The molecule has 0 unspecified atom stereocenters. The van der Waals surface area contributed by atoms with Crippen molar-refractivity contribution in [3.8, 4) is 11.1 Å². The van der Waals surface area contributed by atoms with E-state index in [-0.39, 0.29) is 12.1 Å². The van der Waals surface area contributed by atoms with Crippen molar-refractivity contribution in [1.29, 1.82) is 0 Å². The summed E-state index contributed by atoms with van der Waals surface area (Å²) < 4.78 is 13.5. The third-order valence-corrected chi connectivity index (χ3v) is 13.8. The first-order valence-electron chi connectivity index (χ1n) is 20.9. The van der Waals surface area contributed by atoms with Gasteiger partial charge >= 0.3 is 0 Å². The SMILES string of the molecule is CC1(C)c2ccccc2-c2cc3c(cc21)oc1c(N2c4ccccc4B4c5ccccc5N(c5ccc6oc7cc8ccccc8cc7c6c5)c5cccc2c54)cccc13. The fourth-order valence-electron chi connectivity index (χ4n) is 11.1. The Hall–Kier alpha value is -7.50. The van der Waals surface area contributed by atoms with Crippen molar-refractivity contribution in [2.75, 3.05) is 9.80 Å². The molecule has 0 radical (unpaired) electrons. The highest BCUT2D eigenvalue weighted by Crippen LogP contribution is 2.52. The molecule has 11 aromatic rings. The summed E-state index contributed by atoms with van der Waals surface area (Å²) in [5.74, 6) is 0. The van der Waals surface area contributed by atoms with Crippen LogP contribution in [0.1, 0.15) is 25.0 Å². The van der Waals surface area contributed by atoms with Crippen molar-refractivity contribution >= 4 is 112 Å². The Morgan fingerprint density at radius 2 is 1.03 bits per heavy atom. The number of anilines is 6. The zero-order chi connectivity index (χ0) is 39.4. The van der Waals surface area contributed by atoms with Gasteiger partial charge in [0, 0.05) is 55.4 Å². The molecule has 14 rings (SSSR count). The maximum absolute atomic E-state index is 7.06. The third kappa shape index (κ3) is 4.11. The van der Waals surface area contributed by atoms with E-state index in [2.05, 4.69) is 200 Å². The third-order valence-electron chi connectivity index (χ3n) is 13.8. The Kier molecular flexibility index (Phi) is 6.15. The van der Waals surface area contributed by atoms with E-state index in [1.807, 2.05) is 0 Å². The number of benzene rings is 9. The first-order chi connectivity index (χ1) is 29.5. The van der Waals surface area contributed by atoms with E-state index in [4.69, 9.17) is 8.83 Å². The highest BCUT2D eigenvalue weighted by atomic mass is 16.3. The summed E-state index contributed by atoms with van der Waals surface area (Å²) in [5.41, 5.74) is 19.4. The van der Waals surface area contributed by atoms with Gasteiger partial charge in [-0.15, -0.1) is 0 Å². The number of rotatable bonds is 2. The maximum atomic E-state index is 7.06. The molecule has 0 bridgehead atoms. The molecule has 2 aliphatic heterocycles. The summed E-state index contributed by atoms with van der Waals surface area (Å²) in [5, 5.41) is 6.89. The highest BCUT2D eigenvalue weighted by Gasteiger charge is 2.43. The van der Waals surface area contributed by atoms with E-state index >= 15 is 0 Å². The number of furan rings is 2. The zero-order valence-corrected chi connectivity index (χ0v) is 33.0. The predicted octanol–water partition coefficient (Wildman–Crippen LogP) is 13.0. The Morgan fingerprint density at radius 1 is 0.417 bits per heavy atom. The molecule has 280 valence electrons. The molecule has 0 saturated heterocycles. The van der Waals surface area contributed by atoms with Crippen LogP contribution in [0.2, 0.25) is 0 Å². The van der Waals surface area contributed by atoms with Crippen LogP contribution >= 0.6 is 0 Å². The van der Waals surface area contributed by atoms with E-state index in [0.29, 0.717) is 0 Å². The lowest BCUT2D eigenvalue weighted by Crippen LogP contribution is -2.61. The molecule has 0 saturated carbocycles. The van der Waals surface area contributed by atoms with Crippen LogP contribution in [0, 0.1) is 0 Å². The van der Waals surface area contributed by atoms with E-state index in [1.165, 1.54) is 66.5 Å². The lowest BCUT2D eigenvalue weighted by molar-refractivity contribution is 0.647. The average Bonchev–Trinajstić information content (AvgIpc) is 3.91. The Balaban J connectivity index is 0.995. The van der Waals surface area contributed by atoms with Gasteiger partial charge in [0.05, 0.1) is 5.69 Å². The van der Waals surface area contributed by atoms with E-state index < -0.39 is 0 Å².